The number of rotatable bonds is 4. The molecular weight excluding hydrogens is 402 g/mol. The zero-order valence-corrected chi connectivity index (χ0v) is 14.8. The lowest BCUT2D eigenvalue weighted by Gasteiger charge is -2.10. The lowest BCUT2D eigenvalue weighted by atomic mass is 9.98. The summed E-state index contributed by atoms with van der Waals surface area (Å²) in [7, 11) is 0. The number of ketones is 1. The van der Waals surface area contributed by atoms with Gasteiger partial charge in [-0.1, -0.05) is 34.1 Å². The van der Waals surface area contributed by atoms with Crippen molar-refractivity contribution >= 4 is 33.5 Å². The van der Waals surface area contributed by atoms with E-state index >= 15 is 0 Å². The van der Waals surface area contributed by atoms with Crippen LogP contribution >= 0.6 is 15.9 Å². The van der Waals surface area contributed by atoms with Crippen LogP contribution in [-0.4, -0.2) is 33.0 Å². The van der Waals surface area contributed by atoms with E-state index in [-0.39, 0.29) is 22.6 Å². The molecule has 0 saturated carbocycles. The maximum absolute atomic E-state index is 12.7. The van der Waals surface area contributed by atoms with E-state index < -0.39 is 11.8 Å². The first kappa shape index (κ1) is 17.5. The highest BCUT2D eigenvalue weighted by Crippen LogP contribution is 2.17. The number of halogens is 1. The Balaban J connectivity index is 1.78. The van der Waals surface area contributed by atoms with Gasteiger partial charge < -0.3 is 0 Å². The number of hydrogen-bond acceptors (Lipinski definition) is 5. The number of benzene rings is 2. The van der Waals surface area contributed by atoms with Gasteiger partial charge in [-0.15, -0.1) is 0 Å². The van der Waals surface area contributed by atoms with Crippen LogP contribution in [0.2, 0.25) is 0 Å². The first-order valence-corrected chi connectivity index (χ1v) is 8.21. The zero-order chi connectivity index (χ0) is 18.5. The quantitative estimate of drug-likeness (QED) is 0.445. The Bertz CT molecular complexity index is 955. The molecule has 0 aliphatic rings. The minimum Gasteiger partial charge on any atom is -0.289 e. The molecule has 3 N–H and O–H groups in total. The molecule has 130 valence electrons. The van der Waals surface area contributed by atoms with Crippen LogP contribution in [0.15, 0.2) is 59.2 Å². The predicted octanol–water partition coefficient (Wildman–Crippen LogP) is 1.87. The van der Waals surface area contributed by atoms with Gasteiger partial charge in [0.25, 0.3) is 11.8 Å². The molecule has 0 fully saturated rings. The lowest BCUT2D eigenvalue weighted by Crippen LogP contribution is -2.42. The fourth-order valence-electron chi connectivity index (χ4n) is 2.19. The van der Waals surface area contributed by atoms with Crippen molar-refractivity contribution in [2.45, 2.75) is 0 Å². The van der Waals surface area contributed by atoms with Gasteiger partial charge in [0, 0.05) is 15.6 Å². The highest BCUT2D eigenvalue weighted by atomic mass is 79.9. The van der Waals surface area contributed by atoms with Crippen LogP contribution in [0.3, 0.4) is 0 Å². The minimum atomic E-state index is -0.635. The molecule has 8 nitrogen and oxygen atoms in total. The van der Waals surface area contributed by atoms with E-state index in [9.17, 15) is 14.4 Å². The van der Waals surface area contributed by atoms with Gasteiger partial charge in [0.05, 0.1) is 11.8 Å². The molecule has 26 heavy (non-hydrogen) atoms. The first-order valence-electron chi connectivity index (χ1n) is 7.42. The summed E-state index contributed by atoms with van der Waals surface area (Å²) in [5.74, 6) is -1.56. The molecule has 2 aromatic carbocycles. The summed E-state index contributed by atoms with van der Waals surface area (Å²) in [6.45, 7) is 0. The van der Waals surface area contributed by atoms with Crippen LogP contribution in [0, 0.1) is 0 Å². The summed E-state index contributed by atoms with van der Waals surface area (Å²) in [6.07, 6.45) is 1.21. The molecule has 0 aliphatic carbocycles. The van der Waals surface area contributed by atoms with Gasteiger partial charge in [0.1, 0.15) is 0 Å². The highest BCUT2D eigenvalue weighted by Gasteiger charge is 2.19. The Hall–Kier alpha value is -3.33. The average molecular weight is 414 g/mol. The number of hydrazine groups is 1. The van der Waals surface area contributed by atoms with Gasteiger partial charge in [-0.3, -0.25) is 25.2 Å². The molecule has 3 rings (SSSR count). The third-order valence-corrected chi connectivity index (χ3v) is 3.99. The molecule has 0 spiro atoms. The van der Waals surface area contributed by atoms with E-state index in [1.165, 1.54) is 12.3 Å². The van der Waals surface area contributed by atoms with Crippen molar-refractivity contribution in [1.29, 1.82) is 0 Å². The van der Waals surface area contributed by atoms with E-state index in [0.29, 0.717) is 5.56 Å². The Morgan fingerprint density at radius 3 is 2.19 bits per heavy atom. The number of aromatic amines is 1. The summed E-state index contributed by atoms with van der Waals surface area (Å²) >= 11 is 3.31. The topological polar surface area (TPSA) is 117 Å². The fourth-order valence-corrected chi connectivity index (χ4v) is 2.46. The number of carbonyl (C=O) groups excluding carboxylic acids is 3. The van der Waals surface area contributed by atoms with Crippen LogP contribution in [0.4, 0.5) is 0 Å². The maximum atomic E-state index is 12.7. The van der Waals surface area contributed by atoms with E-state index in [2.05, 4.69) is 42.2 Å². The minimum absolute atomic E-state index is 0.0181. The Labute approximate surface area is 156 Å². The Kier molecular flexibility index (Phi) is 5.18. The molecular formula is C17H12BrN5O3. The van der Waals surface area contributed by atoms with Crippen molar-refractivity contribution in [1.82, 2.24) is 26.3 Å². The molecule has 0 radical (unpaired) electrons. The Morgan fingerprint density at radius 1 is 0.885 bits per heavy atom. The van der Waals surface area contributed by atoms with Crippen LogP contribution in [-0.2, 0) is 0 Å². The van der Waals surface area contributed by atoms with Crippen molar-refractivity contribution in [2.24, 2.45) is 0 Å². The second-order valence-electron chi connectivity index (χ2n) is 5.15. The standard InChI is InChI=1S/C17H12BrN5O3/c18-11-7-5-10(6-8-11)15(24)12-3-1-2-4-13(12)16(25)21-22-17(26)14-9-19-23-20-14/h1-9H,(H,21,25)(H,22,26)(H,19,20,23). The third kappa shape index (κ3) is 3.83. The Morgan fingerprint density at radius 2 is 1.54 bits per heavy atom. The van der Waals surface area contributed by atoms with Gasteiger partial charge in [0.15, 0.2) is 11.5 Å². The zero-order valence-electron chi connectivity index (χ0n) is 13.2. The molecule has 0 aliphatic heterocycles. The number of H-pyrrole nitrogens is 1. The number of aromatic nitrogens is 3. The van der Waals surface area contributed by atoms with Crippen LogP contribution in [0.25, 0.3) is 0 Å². The third-order valence-electron chi connectivity index (χ3n) is 3.46. The molecule has 9 heteroatoms. The molecule has 0 bridgehead atoms. The van der Waals surface area contributed by atoms with E-state index in [1.54, 1.807) is 42.5 Å². The number of hydrogen-bond donors (Lipinski definition) is 3. The van der Waals surface area contributed by atoms with Crippen LogP contribution < -0.4 is 10.9 Å². The van der Waals surface area contributed by atoms with E-state index in [1.807, 2.05) is 0 Å². The second-order valence-corrected chi connectivity index (χ2v) is 6.06. The summed E-state index contributed by atoms with van der Waals surface area (Å²) in [4.78, 5) is 36.9. The summed E-state index contributed by atoms with van der Waals surface area (Å²) in [6, 6.07) is 13.2. The SMILES string of the molecule is O=C(NNC(=O)c1ccccc1C(=O)c1ccc(Br)cc1)c1cn[nH]n1. The van der Waals surface area contributed by atoms with Crippen LogP contribution in [0.5, 0.6) is 0 Å². The first-order chi connectivity index (χ1) is 12.6. The number of amides is 2. The molecule has 1 heterocycles. The van der Waals surface area contributed by atoms with Crippen molar-refractivity contribution in [2.75, 3.05) is 0 Å². The second kappa shape index (κ2) is 7.70. The normalized spacial score (nSPS) is 10.2. The molecule has 0 saturated heterocycles. The van der Waals surface area contributed by atoms with Crippen molar-refractivity contribution < 1.29 is 14.4 Å². The summed E-state index contributed by atoms with van der Waals surface area (Å²) in [5, 5.41) is 9.40. The smallest absolute Gasteiger partial charge is 0.289 e. The van der Waals surface area contributed by atoms with Gasteiger partial charge in [-0.05, 0) is 30.3 Å². The molecule has 3 aromatic rings. The van der Waals surface area contributed by atoms with E-state index in [0.717, 1.165) is 4.47 Å². The highest BCUT2D eigenvalue weighted by molar-refractivity contribution is 9.10. The van der Waals surface area contributed by atoms with Crippen molar-refractivity contribution in [3.8, 4) is 0 Å². The molecule has 0 atom stereocenters. The summed E-state index contributed by atoms with van der Waals surface area (Å²) < 4.78 is 0.843. The molecule has 0 unspecified atom stereocenters. The van der Waals surface area contributed by atoms with E-state index in [4.69, 9.17) is 0 Å². The van der Waals surface area contributed by atoms with Gasteiger partial charge in [-0.2, -0.15) is 15.4 Å². The number of nitrogens with zero attached hydrogens (tertiary/aromatic N) is 2. The predicted molar refractivity (Wildman–Crippen MR) is 95.3 cm³/mol. The maximum Gasteiger partial charge on any atom is 0.291 e. The van der Waals surface area contributed by atoms with Crippen LogP contribution in [0.1, 0.15) is 36.8 Å². The monoisotopic (exact) mass is 413 g/mol. The van der Waals surface area contributed by atoms with Gasteiger partial charge in [0.2, 0.25) is 0 Å². The average Bonchev–Trinajstić information content (AvgIpc) is 3.21. The summed E-state index contributed by atoms with van der Waals surface area (Å²) in [5.41, 5.74) is 5.31. The largest absolute Gasteiger partial charge is 0.291 e. The number of carbonyl (C=O) groups is 3. The van der Waals surface area contributed by atoms with Crippen molar-refractivity contribution in [3.05, 3.63) is 81.6 Å². The van der Waals surface area contributed by atoms with Crippen molar-refractivity contribution in [3.63, 3.8) is 0 Å². The fraction of sp³-hybridized carbons (Fsp3) is 0. The van der Waals surface area contributed by atoms with Gasteiger partial charge >= 0.3 is 0 Å². The lowest BCUT2D eigenvalue weighted by molar-refractivity contribution is 0.0842. The molecule has 2 amide bonds. The number of nitrogens with one attached hydrogen (secondary N) is 3. The molecule has 1 aromatic heterocycles. The van der Waals surface area contributed by atoms with Gasteiger partial charge in [-0.25, -0.2) is 0 Å².